The molecule has 2 aromatic carbocycles. The standard InChI is InChI=1S/C19H22IN3O3S/c1-4-15-8-5-6-11-18(15)23(27(3,25)26)13-19(24)22-21-14(2)16-9-7-10-17(20)12-16/h5-12H,4,13H2,1-3H3,(H,22,24)/b21-14-. The van der Waals surface area contributed by atoms with Gasteiger partial charge in [0.25, 0.3) is 5.91 Å². The number of aryl methyl sites for hydroxylation is 1. The van der Waals surface area contributed by atoms with Crippen molar-refractivity contribution in [2.45, 2.75) is 20.3 Å². The molecule has 0 aromatic heterocycles. The van der Waals surface area contributed by atoms with Gasteiger partial charge < -0.3 is 0 Å². The van der Waals surface area contributed by atoms with Crippen LogP contribution in [-0.4, -0.2) is 32.8 Å². The molecule has 2 rings (SSSR count). The Balaban J connectivity index is 2.19. The summed E-state index contributed by atoms with van der Waals surface area (Å²) in [5.41, 5.74) is 5.34. The Morgan fingerprint density at radius 2 is 1.89 bits per heavy atom. The second-order valence-electron chi connectivity index (χ2n) is 5.99. The summed E-state index contributed by atoms with van der Waals surface area (Å²) < 4.78 is 26.7. The van der Waals surface area contributed by atoms with Crippen molar-refractivity contribution in [2.75, 3.05) is 17.1 Å². The fourth-order valence-electron chi connectivity index (χ4n) is 2.52. The maximum atomic E-state index is 12.3. The third kappa shape index (κ3) is 6.03. The van der Waals surface area contributed by atoms with Crippen molar-refractivity contribution >= 4 is 49.9 Å². The quantitative estimate of drug-likeness (QED) is 0.361. The van der Waals surface area contributed by atoms with Crippen LogP contribution in [0.2, 0.25) is 0 Å². The molecular formula is C19H22IN3O3S. The highest BCUT2D eigenvalue weighted by atomic mass is 127. The van der Waals surface area contributed by atoms with Crippen LogP contribution in [0.5, 0.6) is 0 Å². The first-order valence-corrected chi connectivity index (χ1v) is 11.3. The number of carbonyl (C=O) groups excluding carboxylic acids is 1. The van der Waals surface area contributed by atoms with Gasteiger partial charge in [0.05, 0.1) is 17.7 Å². The summed E-state index contributed by atoms with van der Waals surface area (Å²) in [6.45, 7) is 3.39. The molecule has 27 heavy (non-hydrogen) atoms. The number of anilines is 1. The van der Waals surface area contributed by atoms with Gasteiger partial charge >= 0.3 is 0 Å². The monoisotopic (exact) mass is 499 g/mol. The van der Waals surface area contributed by atoms with Crippen LogP contribution in [0.4, 0.5) is 5.69 Å². The summed E-state index contributed by atoms with van der Waals surface area (Å²) in [5, 5.41) is 4.10. The van der Waals surface area contributed by atoms with Crippen LogP contribution in [-0.2, 0) is 21.2 Å². The molecule has 0 unspecified atom stereocenters. The van der Waals surface area contributed by atoms with Gasteiger partial charge in [-0.3, -0.25) is 9.10 Å². The Kier molecular flexibility index (Phi) is 7.37. The van der Waals surface area contributed by atoms with Crippen LogP contribution >= 0.6 is 22.6 Å². The van der Waals surface area contributed by atoms with Crippen molar-refractivity contribution in [3.8, 4) is 0 Å². The molecule has 0 aliphatic rings. The largest absolute Gasteiger partial charge is 0.271 e. The normalized spacial score (nSPS) is 11.9. The summed E-state index contributed by atoms with van der Waals surface area (Å²) in [7, 11) is -3.62. The Morgan fingerprint density at radius 3 is 2.52 bits per heavy atom. The second-order valence-corrected chi connectivity index (χ2v) is 9.15. The van der Waals surface area contributed by atoms with E-state index in [1.165, 1.54) is 0 Å². The van der Waals surface area contributed by atoms with Gasteiger partial charge in [-0.2, -0.15) is 5.10 Å². The van der Waals surface area contributed by atoms with Gasteiger partial charge in [0.15, 0.2) is 0 Å². The van der Waals surface area contributed by atoms with Gasteiger partial charge in [0, 0.05) is 3.57 Å². The predicted molar refractivity (Wildman–Crippen MR) is 118 cm³/mol. The number of sulfonamides is 1. The zero-order valence-electron chi connectivity index (χ0n) is 15.4. The smallest absolute Gasteiger partial charge is 0.260 e. The molecule has 0 heterocycles. The number of benzene rings is 2. The third-order valence-corrected chi connectivity index (χ3v) is 5.72. The second kappa shape index (κ2) is 9.32. The van der Waals surface area contributed by atoms with Crippen molar-refractivity contribution in [1.29, 1.82) is 0 Å². The van der Waals surface area contributed by atoms with E-state index in [0.29, 0.717) is 17.8 Å². The molecule has 8 heteroatoms. The lowest BCUT2D eigenvalue weighted by atomic mass is 10.1. The zero-order valence-corrected chi connectivity index (χ0v) is 18.4. The molecule has 0 saturated heterocycles. The van der Waals surface area contributed by atoms with Crippen molar-refractivity contribution in [3.05, 3.63) is 63.2 Å². The summed E-state index contributed by atoms with van der Waals surface area (Å²) in [6.07, 6.45) is 1.75. The number of hydrogen-bond donors (Lipinski definition) is 1. The Bertz CT molecular complexity index is 958. The van der Waals surface area contributed by atoms with Gasteiger partial charge in [0.1, 0.15) is 6.54 Å². The summed E-state index contributed by atoms with van der Waals surface area (Å²) in [4.78, 5) is 12.3. The first-order chi connectivity index (χ1) is 12.7. The first-order valence-electron chi connectivity index (χ1n) is 8.37. The molecule has 0 saturated carbocycles. The highest BCUT2D eigenvalue weighted by Crippen LogP contribution is 2.23. The maximum absolute atomic E-state index is 12.3. The van der Waals surface area contributed by atoms with E-state index in [0.717, 1.165) is 25.3 Å². The van der Waals surface area contributed by atoms with Gasteiger partial charge in [-0.1, -0.05) is 37.3 Å². The SMILES string of the molecule is CCc1ccccc1N(CC(=O)N/N=C(/C)c1cccc(I)c1)S(C)(=O)=O. The highest BCUT2D eigenvalue weighted by molar-refractivity contribution is 14.1. The lowest BCUT2D eigenvalue weighted by molar-refractivity contribution is -0.119. The van der Waals surface area contributed by atoms with E-state index in [4.69, 9.17) is 0 Å². The van der Waals surface area contributed by atoms with Crippen LogP contribution in [0, 0.1) is 3.57 Å². The van der Waals surface area contributed by atoms with Crippen LogP contribution in [0.15, 0.2) is 53.6 Å². The van der Waals surface area contributed by atoms with E-state index >= 15 is 0 Å². The van der Waals surface area contributed by atoms with E-state index in [1.807, 2.05) is 43.3 Å². The van der Waals surface area contributed by atoms with E-state index in [-0.39, 0.29) is 6.54 Å². The first kappa shape index (κ1) is 21.4. The minimum Gasteiger partial charge on any atom is -0.271 e. The molecule has 0 atom stereocenters. The van der Waals surface area contributed by atoms with Crippen molar-refractivity contribution in [1.82, 2.24) is 5.43 Å². The van der Waals surface area contributed by atoms with Gasteiger partial charge in [-0.15, -0.1) is 0 Å². The number of halogens is 1. The van der Waals surface area contributed by atoms with E-state index in [9.17, 15) is 13.2 Å². The minimum absolute atomic E-state index is 0.334. The number of hydrazone groups is 1. The van der Waals surface area contributed by atoms with Crippen LogP contribution in [0.1, 0.15) is 25.0 Å². The minimum atomic E-state index is -3.62. The lowest BCUT2D eigenvalue weighted by Crippen LogP contribution is -2.39. The molecule has 0 bridgehead atoms. The number of rotatable bonds is 7. The molecule has 0 fully saturated rings. The fourth-order valence-corrected chi connectivity index (χ4v) is 3.95. The van der Waals surface area contributed by atoms with Crippen LogP contribution in [0.25, 0.3) is 0 Å². The molecule has 2 aromatic rings. The van der Waals surface area contributed by atoms with Crippen molar-refractivity contribution in [3.63, 3.8) is 0 Å². The Morgan fingerprint density at radius 1 is 1.19 bits per heavy atom. The van der Waals surface area contributed by atoms with Gasteiger partial charge in [-0.05, 0) is 65.3 Å². The molecule has 6 nitrogen and oxygen atoms in total. The molecular weight excluding hydrogens is 477 g/mol. The molecule has 0 aliphatic carbocycles. The lowest BCUT2D eigenvalue weighted by Gasteiger charge is -2.23. The Labute approximate surface area is 173 Å². The van der Waals surface area contributed by atoms with Crippen LogP contribution < -0.4 is 9.73 Å². The molecule has 1 amide bonds. The highest BCUT2D eigenvalue weighted by Gasteiger charge is 2.22. The van der Waals surface area contributed by atoms with Crippen molar-refractivity contribution in [2.24, 2.45) is 5.10 Å². The molecule has 0 radical (unpaired) electrons. The van der Waals surface area contributed by atoms with E-state index in [1.54, 1.807) is 19.1 Å². The molecule has 0 aliphatic heterocycles. The summed E-state index contributed by atoms with van der Waals surface area (Å²) >= 11 is 2.20. The van der Waals surface area contributed by atoms with Crippen molar-refractivity contribution < 1.29 is 13.2 Å². The van der Waals surface area contributed by atoms with E-state index in [2.05, 4.69) is 33.1 Å². The van der Waals surface area contributed by atoms with Gasteiger partial charge in [0.2, 0.25) is 10.0 Å². The number of carbonyl (C=O) groups is 1. The third-order valence-electron chi connectivity index (χ3n) is 3.92. The van der Waals surface area contributed by atoms with Gasteiger partial charge in [-0.25, -0.2) is 13.8 Å². The number of nitrogens with zero attached hydrogens (tertiary/aromatic N) is 2. The topological polar surface area (TPSA) is 78.8 Å². The molecule has 144 valence electrons. The predicted octanol–water partition coefficient (Wildman–Crippen LogP) is 3.16. The molecule has 1 N–H and O–H groups in total. The Hall–Kier alpha value is -1.94. The summed E-state index contributed by atoms with van der Waals surface area (Å²) in [6, 6.07) is 14.9. The molecule has 0 spiro atoms. The van der Waals surface area contributed by atoms with E-state index < -0.39 is 15.9 Å². The average molecular weight is 499 g/mol. The maximum Gasteiger partial charge on any atom is 0.260 e. The fraction of sp³-hybridized carbons (Fsp3) is 0.263. The zero-order chi connectivity index (χ0) is 20.0. The number of hydrogen-bond acceptors (Lipinski definition) is 4. The average Bonchev–Trinajstić information content (AvgIpc) is 2.63. The number of nitrogens with one attached hydrogen (secondary N) is 1. The number of amides is 1. The summed E-state index contributed by atoms with van der Waals surface area (Å²) in [5.74, 6) is -0.503. The number of para-hydroxylation sites is 1. The van der Waals surface area contributed by atoms with Crippen LogP contribution in [0.3, 0.4) is 0 Å².